The van der Waals surface area contributed by atoms with E-state index in [1.165, 1.54) is 77.5 Å². The molecule has 1 heterocycles. The molecule has 0 aliphatic carbocycles. The van der Waals surface area contributed by atoms with E-state index < -0.39 is 0 Å². The molecule has 1 fully saturated rings. The number of hydrogen-bond donors (Lipinski definition) is 2. The highest BCUT2D eigenvalue weighted by Gasteiger charge is 2.19. The fourth-order valence-electron chi connectivity index (χ4n) is 3.30. The zero-order valence-electron chi connectivity index (χ0n) is 17.0. The van der Waals surface area contributed by atoms with Gasteiger partial charge in [-0.3, -0.25) is 4.99 Å². The number of guanidine groups is 1. The minimum absolute atomic E-state index is 0. The van der Waals surface area contributed by atoms with Crippen LogP contribution in [0.1, 0.15) is 58.3 Å². The number of unbranched alkanes of at least 4 members (excludes halogenated alkanes) is 4. The first-order valence-electron chi connectivity index (χ1n) is 10.00. The van der Waals surface area contributed by atoms with Crippen LogP contribution in [0.25, 0.3) is 0 Å². The molecule has 1 aliphatic heterocycles. The summed E-state index contributed by atoms with van der Waals surface area (Å²) in [6.07, 6.45) is 10.3. The van der Waals surface area contributed by atoms with Gasteiger partial charge in [-0.05, 0) is 59.3 Å². The summed E-state index contributed by atoms with van der Waals surface area (Å²) >= 11 is 0. The molecule has 0 aromatic carbocycles. The summed E-state index contributed by atoms with van der Waals surface area (Å²) in [7, 11) is 6.18. The topological polar surface area (TPSA) is 42.9 Å². The Hall–Kier alpha value is -0.0800. The van der Waals surface area contributed by atoms with Gasteiger partial charge in [-0.1, -0.05) is 26.2 Å². The predicted octanol–water partition coefficient (Wildman–Crippen LogP) is 3.16. The van der Waals surface area contributed by atoms with Gasteiger partial charge in [0.1, 0.15) is 0 Å². The Kier molecular flexibility index (Phi) is 16.1. The van der Waals surface area contributed by atoms with Crippen molar-refractivity contribution in [2.45, 2.75) is 64.3 Å². The minimum atomic E-state index is 0. The highest BCUT2D eigenvalue weighted by Crippen LogP contribution is 2.10. The number of rotatable bonds is 11. The van der Waals surface area contributed by atoms with Crippen LogP contribution in [0.4, 0.5) is 0 Å². The van der Waals surface area contributed by atoms with Gasteiger partial charge in [0.25, 0.3) is 0 Å². The molecule has 25 heavy (non-hydrogen) atoms. The van der Waals surface area contributed by atoms with Crippen LogP contribution < -0.4 is 10.6 Å². The molecule has 6 heteroatoms. The Morgan fingerprint density at radius 3 is 2.32 bits per heavy atom. The second kappa shape index (κ2) is 16.1. The average molecular weight is 467 g/mol. The number of halogens is 1. The predicted molar refractivity (Wildman–Crippen MR) is 121 cm³/mol. The minimum Gasteiger partial charge on any atom is -0.356 e. The fourth-order valence-corrected chi connectivity index (χ4v) is 3.30. The Morgan fingerprint density at radius 2 is 1.72 bits per heavy atom. The van der Waals surface area contributed by atoms with Crippen molar-refractivity contribution < 1.29 is 0 Å². The second-order valence-electron chi connectivity index (χ2n) is 7.33. The van der Waals surface area contributed by atoms with Crippen LogP contribution in [0.15, 0.2) is 4.99 Å². The number of piperidine rings is 1. The van der Waals surface area contributed by atoms with Crippen LogP contribution in [0.5, 0.6) is 0 Å². The lowest BCUT2D eigenvalue weighted by atomic mass is 10.1. The molecular weight excluding hydrogens is 425 g/mol. The monoisotopic (exact) mass is 467 g/mol. The molecule has 0 spiro atoms. The van der Waals surface area contributed by atoms with Crippen molar-refractivity contribution in [3.63, 3.8) is 0 Å². The molecule has 1 aliphatic rings. The molecule has 0 radical (unpaired) electrons. The summed E-state index contributed by atoms with van der Waals surface area (Å²) < 4.78 is 0. The zero-order valence-corrected chi connectivity index (χ0v) is 19.3. The van der Waals surface area contributed by atoms with Gasteiger partial charge in [-0.15, -0.1) is 24.0 Å². The van der Waals surface area contributed by atoms with E-state index in [-0.39, 0.29) is 24.0 Å². The molecule has 0 atom stereocenters. The van der Waals surface area contributed by atoms with E-state index in [9.17, 15) is 0 Å². The van der Waals surface area contributed by atoms with Crippen LogP contribution in [0, 0.1) is 0 Å². The van der Waals surface area contributed by atoms with Crippen molar-refractivity contribution in [2.24, 2.45) is 4.99 Å². The third-order valence-corrected chi connectivity index (χ3v) is 4.77. The Balaban J connectivity index is 0.00000576. The number of hydrogen-bond acceptors (Lipinski definition) is 3. The normalized spacial score (nSPS) is 16.8. The highest BCUT2D eigenvalue weighted by atomic mass is 127. The first-order valence-corrected chi connectivity index (χ1v) is 10.00. The van der Waals surface area contributed by atoms with Gasteiger partial charge in [0.15, 0.2) is 5.96 Å². The SMILES string of the molecule is CCCN1CCC(NC(=NC)NCCCCCCCN(C)C)CC1.I. The molecule has 1 rings (SSSR count). The number of nitrogens with zero attached hydrogens (tertiary/aromatic N) is 3. The van der Waals surface area contributed by atoms with Crippen molar-refractivity contribution in [3.05, 3.63) is 0 Å². The van der Waals surface area contributed by atoms with E-state index in [0.29, 0.717) is 6.04 Å². The molecule has 0 saturated carbocycles. The first-order chi connectivity index (χ1) is 11.7. The van der Waals surface area contributed by atoms with Gasteiger partial charge >= 0.3 is 0 Å². The molecule has 0 aromatic rings. The molecule has 0 bridgehead atoms. The van der Waals surface area contributed by atoms with Crippen LogP contribution in [-0.2, 0) is 0 Å². The smallest absolute Gasteiger partial charge is 0.191 e. The van der Waals surface area contributed by atoms with Crippen LogP contribution in [0.2, 0.25) is 0 Å². The molecule has 0 aromatic heterocycles. The van der Waals surface area contributed by atoms with E-state index in [0.717, 1.165) is 12.5 Å². The Labute approximate surface area is 173 Å². The van der Waals surface area contributed by atoms with Gasteiger partial charge < -0.3 is 20.4 Å². The lowest BCUT2D eigenvalue weighted by Gasteiger charge is -2.32. The maximum Gasteiger partial charge on any atom is 0.191 e. The lowest BCUT2D eigenvalue weighted by Crippen LogP contribution is -2.48. The van der Waals surface area contributed by atoms with Gasteiger partial charge in [0.2, 0.25) is 0 Å². The summed E-state index contributed by atoms with van der Waals surface area (Å²) in [6, 6.07) is 0.579. The van der Waals surface area contributed by atoms with Crippen molar-refractivity contribution in [2.75, 3.05) is 53.9 Å². The summed E-state index contributed by atoms with van der Waals surface area (Å²) in [5.41, 5.74) is 0. The van der Waals surface area contributed by atoms with E-state index in [4.69, 9.17) is 0 Å². The summed E-state index contributed by atoms with van der Waals surface area (Å²) in [5.74, 6) is 0.983. The van der Waals surface area contributed by atoms with E-state index >= 15 is 0 Å². The van der Waals surface area contributed by atoms with E-state index in [1.807, 2.05) is 7.05 Å². The standard InChI is InChI=1S/C19H41N5.HI/c1-5-14-24-16-11-18(12-17-24)22-19(20-2)21-13-9-7-6-8-10-15-23(3)4;/h18H,5-17H2,1-4H3,(H2,20,21,22);1H. The molecular formula is C19H42IN5. The van der Waals surface area contributed by atoms with E-state index in [1.54, 1.807) is 0 Å². The average Bonchev–Trinajstić information content (AvgIpc) is 2.57. The number of likely N-dealkylation sites (tertiary alicyclic amines) is 1. The van der Waals surface area contributed by atoms with Gasteiger partial charge in [0.05, 0.1) is 0 Å². The quantitative estimate of drug-likeness (QED) is 0.212. The maximum absolute atomic E-state index is 4.38. The Bertz CT molecular complexity index is 328. The fraction of sp³-hybridized carbons (Fsp3) is 0.947. The largest absolute Gasteiger partial charge is 0.356 e. The van der Waals surface area contributed by atoms with Crippen molar-refractivity contribution in [1.82, 2.24) is 20.4 Å². The molecule has 2 N–H and O–H groups in total. The third-order valence-electron chi connectivity index (χ3n) is 4.77. The van der Waals surface area contributed by atoms with Crippen LogP contribution in [0.3, 0.4) is 0 Å². The second-order valence-corrected chi connectivity index (χ2v) is 7.33. The number of aliphatic imine (C=N–C) groups is 1. The molecule has 0 unspecified atom stereocenters. The Morgan fingerprint density at radius 1 is 1.08 bits per heavy atom. The summed E-state index contributed by atoms with van der Waals surface area (Å²) in [6.45, 7) is 8.19. The van der Waals surface area contributed by atoms with Gasteiger partial charge in [0, 0.05) is 32.7 Å². The molecule has 1 saturated heterocycles. The first kappa shape index (κ1) is 24.9. The number of nitrogens with one attached hydrogen (secondary N) is 2. The van der Waals surface area contributed by atoms with Gasteiger partial charge in [-0.25, -0.2) is 0 Å². The van der Waals surface area contributed by atoms with Crippen LogP contribution >= 0.6 is 24.0 Å². The summed E-state index contributed by atoms with van der Waals surface area (Å²) in [4.78, 5) is 9.22. The summed E-state index contributed by atoms with van der Waals surface area (Å²) in [5, 5.41) is 7.08. The van der Waals surface area contributed by atoms with E-state index in [2.05, 4.69) is 46.4 Å². The highest BCUT2D eigenvalue weighted by molar-refractivity contribution is 14.0. The lowest BCUT2D eigenvalue weighted by molar-refractivity contribution is 0.206. The molecule has 0 amide bonds. The molecule has 5 nitrogen and oxygen atoms in total. The van der Waals surface area contributed by atoms with Crippen LogP contribution in [-0.4, -0.2) is 75.7 Å². The maximum atomic E-state index is 4.38. The zero-order chi connectivity index (χ0) is 17.6. The third kappa shape index (κ3) is 12.8. The van der Waals surface area contributed by atoms with Gasteiger partial charge in [-0.2, -0.15) is 0 Å². The van der Waals surface area contributed by atoms with Crippen molar-refractivity contribution >= 4 is 29.9 Å². The molecule has 150 valence electrons. The van der Waals surface area contributed by atoms with Crippen molar-refractivity contribution in [3.8, 4) is 0 Å². The van der Waals surface area contributed by atoms with Crippen molar-refractivity contribution in [1.29, 1.82) is 0 Å².